The van der Waals surface area contributed by atoms with E-state index in [1.54, 1.807) is 0 Å². The van der Waals surface area contributed by atoms with Crippen LogP contribution in [0.5, 0.6) is 5.75 Å². The second-order valence-corrected chi connectivity index (χ2v) is 4.79. The van der Waals surface area contributed by atoms with Gasteiger partial charge in [-0.1, -0.05) is 11.6 Å². The van der Waals surface area contributed by atoms with Gasteiger partial charge in [0.25, 0.3) is 0 Å². The Balaban J connectivity index is 2.33. The van der Waals surface area contributed by atoms with Crippen LogP contribution in [0, 0.1) is 6.92 Å². The van der Waals surface area contributed by atoms with Gasteiger partial charge in [-0.3, -0.25) is 0 Å². The van der Waals surface area contributed by atoms with Crippen molar-refractivity contribution in [2.75, 3.05) is 6.61 Å². The minimum Gasteiger partial charge on any atom is -0.487 e. The van der Waals surface area contributed by atoms with E-state index in [9.17, 15) is 5.11 Å². The van der Waals surface area contributed by atoms with Gasteiger partial charge < -0.3 is 14.9 Å². The fraction of sp³-hybridized carbons (Fsp3) is 0.538. The predicted molar refractivity (Wildman–Crippen MR) is 61.5 cm³/mol. The maximum Gasteiger partial charge on any atom is 0.125 e. The normalized spacial score (nSPS) is 28.4. The summed E-state index contributed by atoms with van der Waals surface area (Å²) in [7, 11) is 0. The zero-order chi connectivity index (χ0) is 11.8. The molecule has 16 heavy (non-hydrogen) atoms. The predicted octanol–water partition coefficient (Wildman–Crippen LogP) is 1.95. The summed E-state index contributed by atoms with van der Waals surface area (Å²) in [5.41, 5.74) is 1.51. The molecule has 2 N–H and O–H groups in total. The van der Waals surface area contributed by atoms with Crippen LogP contribution in [0.25, 0.3) is 0 Å². The maximum absolute atomic E-state index is 10.1. The number of hydrogen-bond acceptors (Lipinski definition) is 3. The van der Waals surface area contributed by atoms with Crippen LogP contribution in [0.1, 0.15) is 37.0 Å². The molecule has 0 fully saturated rings. The maximum atomic E-state index is 10.1. The molecule has 2 unspecified atom stereocenters. The van der Waals surface area contributed by atoms with Crippen LogP contribution in [-0.2, 0) is 0 Å². The van der Waals surface area contributed by atoms with Gasteiger partial charge in [0.15, 0.2) is 0 Å². The molecule has 0 aliphatic carbocycles. The molecule has 2 rings (SSSR count). The van der Waals surface area contributed by atoms with Gasteiger partial charge in [0.1, 0.15) is 11.4 Å². The lowest BCUT2D eigenvalue weighted by Gasteiger charge is -2.38. The standard InChI is InChI=1S/C13H18O3/c1-9-3-4-12-10(7-9)11(15)8-13(2,16-12)5-6-14/h3-4,7,11,14-15H,5-6,8H2,1-2H3. The van der Waals surface area contributed by atoms with E-state index < -0.39 is 11.7 Å². The summed E-state index contributed by atoms with van der Waals surface area (Å²) < 4.78 is 5.87. The first-order valence-corrected chi connectivity index (χ1v) is 5.62. The second-order valence-electron chi connectivity index (χ2n) is 4.79. The van der Waals surface area contributed by atoms with Crippen molar-refractivity contribution in [2.24, 2.45) is 0 Å². The van der Waals surface area contributed by atoms with E-state index in [-0.39, 0.29) is 6.61 Å². The highest BCUT2D eigenvalue weighted by Gasteiger charge is 2.36. The topological polar surface area (TPSA) is 49.7 Å². The molecule has 0 radical (unpaired) electrons. The third kappa shape index (κ3) is 2.06. The van der Waals surface area contributed by atoms with Crippen molar-refractivity contribution < 1.29 is 14.9 Å². The zero-order valence-electron chi connectivity index (χ0n) is 9.73. The monoisotopic (exact) mass is 222 g/mol. The molecule has 1 aromatic rings. The van der Waals surface area contributed by atoms with Gasteiger partial charge in [-0.05, 0) is 26.0 Å². The molecule has 0 spiro atoms. The number of hydrogen-bond donors (Lipinski definition) is 2. The Morgan fingerprint density at radius 2 is 2.25 bits per heavy atom. The molecular weight excluding hydrogens is 204 g/mol. The van der Waals surface area contributed by atoms with E-state index in [2.05, 4.69) is 0 Å². The lowest BCUT2D eigenvalue weighted by Crippen LogP contribution is -2.39. The van der Waals surface area contributed by atoms with Crippen LogP contribution in [0.4, 0.5) is 0 Å². The summed E-state index contributed by atoms with van der Waals surface area (Å²) >= 11 is 0. The van der Waals surface area contributed by atoms with Crippen molar-refractivity contribution in [3.05, 3.63) is 29.3 Å². The molecule has 1 aromatic carbocycles. The van der Waals surface area contributed by atoms with E-state index in [0.29, 0.717) is 12.8 Å². The quantitative estimate of drug-likeness (QED) is 0.804. The largest absolute Gasteiger partial charge is 0.487 e. The first kappa shape index (κ1) is 11.4. The number of aryl methyl sites for hydroxylation is 1. The van der Waals surface area contributed by atoms with Crippen molar-refractivity contribution in [3.8, 4) is 5.75 Å². The molecular formula is C13H18O3. The molecule has 1 aliphatic rings. The van der Waals surface area contributed by atoms with Gasteiger partial charge in [0.05, 0.1) is 6.10 Å². The summed E-state index contributed by atoms with van der Waals surface area (Å²) in [6.07, 6.45) is 0.571. The fourth-order valence-corrected chi connectivity index (χ4v) is 2.24. The third-order valence-electron chi connectivity index (χ3n) is 3.15. The number of benzene rings is 1. The summed E-state index contributed by atoms with van der Waals surface area (Å²) in [6.45, 7) is 3.99. The Bertz CT molecular complexity index is 389. The Morgan fingerprint density at radius 1 is 1.50 bits per heavy atom. The Hall–Kier alpha value is -1.06. The number of aliphatic hydroxyl groups is 2. The Labute approximate surface area is 95.7 Å². The van der Waals surface area contributed by atoms with E-state index >= 15 is 0 Å². The lowest BCUT2D eigenvalue weighted by molar-refractivity contribution is -0.0160. The second kappa shape index (κ2) is 4.07. The Kier molecular flexibility index (Phi) is 2.91. The van der Waals surface area contributed by atoms with Crippen molar-refractivity contribution in [2.45, 2.75) is 38.4 Å². The van der Waals surface area contributed by atoms with Gasteiger partial charge in [-0.25, -0.2) is 0 Å². The molecule has 1 heterocycles. The highest BCUT2D eigenvalue weighted by Crippen LogP contribution is 2.41. The van der Waals surface area contributed by atoms with E-state index in [0.717, 1.165) is 16.9 Å². The average molecular weight is 222 g/mol. The van der Waals surface area contributed by atoms with E-state index in [4.69, 9.17) is 9.84 Å². The van der Waals surface area contributed by atoms with Crippen LogP contribution in [0.15, 0.2) is 18.2 Å². The van der Waals surface area contributed by atoms with Crippen LogP contribution in [0.3, 0.4) is 0 Å². The molecule has 0 aromatic heterocycles. The lowest BCUT2D eigenvalue weighted by atomic mass is 9.87. The summed E-state index contributed by atoms with van der Waals surface area (Å²) in [5.74, 6) is 0.736. The van der Waals surface area contributed by atoms with Crippen LogP contribution < -0.4 is 4.74 Å². The molecule has 3 nitrogen and oxygen atoms in total. The van der Waals surface area contributed by atoms with E-state index in [1.807, 2.05) is 32.0 Å². The average Bonchev–Trinajstić information content (AvgIpc) is 2.19. The highest BCUT2D eigenvalue weighted by atomic mass is 16.5. The zero-order valence-corrected chi connectivity index (χ0v) is 9.73. The van der Waals surface area contributed by atoms with Crippen LogP contribution in [0.2, 0.25) is 0 Å². The summed E-state index contributed by atoms with van der Waals surface area (Å²) in [5, 5.41) is 19.1. The molecule has 2 atom stereocenters. The molecule has 0 bridgehead atoms. The fourth-order valence-electron chi connectivity index (χ4n) is 2.24. The number of aliphatic hydroxyl groups excluding tert-OH is 2. The smallest absolute Gasteiger partial charge is 0.125 e. The molecule has 0 amide bonds. The molecule has 88 valence electrons. The van der Waals surface area contributed by atoms with Crippen molar-refractivity contribution >= 4 is 0 Å². The molecule has 1 aliphatic heterocycles. The first-order valence-electron chi connectivity index (χ1n) is 5.62. The number of rotatable bonds is 2. The minimum atomic E-state index is -0.500. The molecule has 0 saturated heterocycles. The summed E-state index contributed by atoms with van der Waals surface area (Å²) in [4.78, 5) is 0. The van der Waals surface area contributed by atoms with Gasteiger partial charge in [-0.2, -0.15) is 0 Å². The number of fused-ring (bicyclic) bond motifs is 1. The van der Waals surface area contributed by atoms with Gasteiger partial charge in [0, 0.05) is 25.0 Å². The highest BCUT2D eigenvalue weighted by molar-refractivity contribution is 5.40. The van der Waals surface area contributed by atoms with Gasteiger partial charge in [-0.15, -0.1) is 0 Å². The van der Waals surface area contributed by atoms with Gasteiger partial charge >= 0.3 is 0 Å². The third-order valence-corrected chi connectivity index (χ3v) is 3.15. The SMILES string of the molecule is Cc1ccc2c(c1)C(O)CC(C)(CCO)O2. The molecule has 0 saturated carbocycles. The first-order chi connectivity index (χ1) is 7.54. The molecule has 3 heteroatoms. The van der Waals surface area contributed by atoms with Crippen molar-refractivity contribution in [1.82, 2.24) is 0 Å². The van der Waals surface area contributed by atoms with Gasteiger partial charge in [0.2, 0.25) is 0 Å². The summed E-state index contributed by atoms with van der Waals surface area (Å²) in [6, 6.07) is 5.82. The number of ether oxygens (including phenoxy) is 1. The van der Waals surface area contributed by atoms with Crippen molar-refractivity contribution in [1.29, 1.82) is 0 Å². The minimum absolute atomic E-state index is 0.0738. The van der Waals surface area contributed by atoms with Crippen molar-refractivity contribution in [3.63, 3.8) is 0 Å². The van der Waals surface area contributed by atoms with E-state index in [1.165, 1.54) is 0 Å². The van der Waals surface area contributed by atoms with Crippen LogP contribution in [-0.4, -0.2) is 22.4 Å². The Morgan fingerprint density at radius 3 is 2.94 bits per heavy atom. The van der Waals surface area contributed by atoms with Crippen LogP contribution >= 0.6 is 0 Å².